The predicted octanol–water partition coefficient (Wildman–Crippen LogP) is 2.60. The number of sulfonamides is 1. The molecular weight excluding hydrogens is 382 g/mol. The first-order chi connectivity index (χ1) is 13.0. The van der Waals surface area contributed by atoms with Crippen molar-refractivity contribution in [2.75, 3.05) is 13.1 Å². The molecule has 0 aliphatic heterocycles. The molecule has 0 aliphatic carbocycles. The molecule has 0 aromatic heterocycles. The van der Waals surface area contributed by atoms with E-state index in [0.29, 0.717) is 5.56 Å². The zero-order valence-corrected chi connectivity index (χ0v) is 16.7. The highest BCUT2D eigenvalue weighted by molar-refractivity contribution is 7.89. The van der Waals surface area contributed by atoms with Gasteiger partial charge in [-0.2, -0.15) is 0 Å². The summed E-state index contributed by atoms with van der Waals surface area (Å²) in [5.74, 6) is -0.296. The average molecular weight is 405 g/mol. The molecule has 0 radical (unpaired) electrons. The van der Waals surface area contributed by atoms with Crippen LogP contribution < -0.4 is 10.0 Å². The van der Waals surface area contributed by atoms with E-state index in [0.717, 1.165) is 29.8 Å². The second-order valence-corrected chi connectivity index (χ2v) is 9.00. The molecule has 2 aromatic rings. The zero-order chi connectivity index (χ0) is 20.9. The van der Waals surface area contributed by atoms with E-state index in [4.69, 9.17) is 0 Å². The van der Waals surface area contributed by atoms with E-state index < -0.39 is 14.9 Å². The number of hydrogen-bond donors (Lipinski definition) is 2. The highest BCUT2D eigenvalue weighted by Gasteiger charge is 2.16. The number of nitrogens with zero attached hydrogens (tertiary/aromatic N) is 1. The second-order valence-electron chi connectivity index (χ2n) is 7.23. The van der Waals surface area contributed by atoms with Crippen LogP contribution in [0.5, 0.6) is 0 Å². The largest absolute Gasteiger partial charge is 0.351 e. The monoisotopic (exact) mass is 405 g/mol. The molecule has 0 saturated heterocycles. The van der Waals surface area contributed by atoms with Gasteiger partial charge in [0.25, 0.3) is 11.6 Å². The summed E-state index contributed by atoms with van der Waals surface area (Å²) in [5.41, 5.74) is 1.40. The lowest BCUT2D eigenvalue weighted by atomic mass is 9.87. The van der Waals surface area contributed by atoms with Crippen molar-refractivity contribution >= 4 is 21.6 Å². The van der Waals surface area contributed by atoms with Crippen molar-refractivity contribution in [1.82, 2.24) is 10.0 Å². The summed E-state index contributed by atoms with van der Waals surface area (Å²) in [6.07, 6.45) is 0. The van der Waals surface area contributed by atoms with Crippen molar-refractivity contribution in [3.05, 3.63) is 69.8 Å². The van der Waals surface area contributed by atoms with Crippen molar-refractivity contribution in [1.29, 1.82) is 0 Å². The fourth-order valence-corrected chi connectivity index (χ4v) is 3.45. The lowest BCUT2D eigenvalue weighted by molar-refractivity contribution is -0.384. The van der Waals surface area contributed by atoms with Crippen molar-refractivity contribution < 1.29 is 18.1 Å². The van der Waals surface area contributed by atoms with Crippen LogP contribution in [0.25, 0.3) is 0 Å². The van der Waals surface area contributed by atoms with Crippen LogP contribution in [-0.4, -0.2) is 32.3 Å². The summed E-state index contributed by atoms with van der Waals surface area (Å²) in [6.45, 7) is 6.34. The van der Waals surface area contributed by atoms with E-state index >= 15 is 0 Å². The molecule has 1 amide bonds. The number of hydrogen-bond acceptors (Lipinski definition) is 5. The first-order valence-corrected chi connectivity index (χ1v) is 10.1. The van der Waals surface area contributed by atoms with Gasteiger partial charge < -0.3 is 5.32 Å². The maximum Gasteiger partial charge on any atom is 0.269 e. The van der Waals surface area contributed by atoms with Crippen LogP contribution in [0.3, 0.4) is 0 Å². The molecule has 0 atom stereocenters. The highest BCUT2D eigenvalue weighted by Crippen LogP contribution is 2.22. The Kier molecular flexibility index (Phi) is 6.52. The van der Waals surface area contributed by atoms with Gasteiger partial charge in [0.15, 0.2) is 0 Å². The molecule has 0 aliphatic rings. The van der Waals surface area contributed by atoms with E-state index in [1.807, 2.05) is 12.1 Å². The predicted molar refractivity (Wildman–Crippen MR) is 106 cm³/mol. The van der Waals surface area contributed by atoms with E-state index in [1.165, 1.54) is 0 Å². The molecule has 0 bridgehead atoms. The minimum atomic E-state index is -3.81. The molecule has 0 spiro atoms. The van der Waals surface area contributed by atoms with Gasteiger partial charge in [0.2, 0.25) is 10.0 Å². The Labute approximate surface area is 164 Å². The summed E-state index contributed by atoms with van der Waals surface area (Å²) in [5, 5.41) is 13.3. The van der Waals surface area contributed by atoms with Gasteiger partial charge in [0.1, 0.15) is 0 Å². The molecule has 150 valence electrons. The Hall–Kier alpha value is -2.78. The first-order valence-electron chi connectivity index (χ1n) is 8.63. The fourth-order valence-electron chi connectivity index (χ4n) is 2.42. The normalized spacial score (nSPS) is 11.8. The molecular formula is C19H23N3O5S. The Bertz CT molecular complexity index is 947. The standard InChI is InChI=1S/C19H23N3O5S/c1-19(2,3)15-6-4-14(5-7-15)18(23)20-12-13-21-28(26,27)17-10-8-16(9-11-17)22(24)25/h4-11,21H,12-13H2,1-3H3,(H,20,23). The van der Waals surface area contributed by atoms with Gasteiger partial charge in [-0.05, 0) is 35.2 Å². The second kappa shape index (κ2) is 8.49. The SMILES string of the molecule is CC(C)(C)c1ccc(C(=O)NCCNS(=O)(=O)c2ccc([N+](=O)[O-])cc2)cc1. The lowest BCUT2D eigenvalue weighted by Crippen LogP contribution is -2.34. The Morgan fingerprint density at radius 3 is 2.07 bits per heavy atom. The molecule has 0 fully saturated rings. The Morgan fingerprint density at radius 1 is 1.00 bits per heavy atom. The zero-order valence-electron chi connectivity index (χ0n) is 15.9. The fraction of sp³-hybridized carbons (Fsp3) is 0.316. The smallest absolute Gasteiger partial charge is 0.269 e. The van der Waals surface area contributed by atoms with Crippen molar-refractivity contribution in [2.45, 2.75) is 31.1 Å². The van der Waals surface area contributed by atoms with E-state index in [9.17, 15) is 23.3 Å². The summed E-state index contributed by atoms with van der Waals surface area (Å²) in [7, 11) is -3.81. The molecule has 0 heterocycles. The van der Waals surface area contributed by atoms with E-state index in [1.54, 1.807) is 12.1 Å². The number of benzene rings is 2. The third kappa shape index (κ3) is 5.61. The molecule has 2 N–H and O–H groups in total. The summed E-state index contributed by atoms with van der Waals surface area (Å²) < 4.78 is 26.7. The number of nitrogens with one attached hydrogen (secondary N) is 2. The molecule has 2 aromatic carbocycles. The van der Waals surface area contributed by atoms with Gasteiger partial charge in [-0.15, -0.1) is 0 Å². The number of carbonyl (C=O) groups is 1. The summed E-state index contributed by atoms with van der Waals surface area (Å²) in [4.78, 5) is 22.1. The van der Waals surface area contributed by atoms with Gasteiger partial charge in [0.05, 0.1) is 9.82 Å². The van der Waals surface area contributed by atoms with Crippen LogP contribution in [0, 0.1) is 10.1 Å². The minimum Gasteiger partial charge on any atom is -0.351 e. The van der Waals surface area contributed by atoms with Gasteiger partial charge in [-0.25, -0.2) is 13.1 Å². The van der Waals surface area contributed by atoms with Gasteiger partial charge in [-0.3, -0.25) is 14.9 Å². The first kappa shape index (κ1) is 21.5. The number of rotatable bonds is 7. The summed E-state index contributed by atoms with van der Waals surface area (Å²) >= 11 is 0. The van der Waals surface area contributed by atoms with Gasteiger partial charge in [0, 0.05) is 30.8 Å². The van der Waals surface area contributed by atoms with Crippen molar-refractivity contribution in [3.63, 3.8) is 0 Å². The third-order valence-electron chi connectivity index (χ3n) is 4.07. The molecule has 0 saturated carbocycles. The highest BCUT2D eigenvalue weighted by atomic mass is 32.2. The number of nitro groups is 1. The summed E-state index contributed by atoms with van der Waals surface area (Å²) in [6, 6.07) is 11.8. The number of carbonyl (C=O) groups excluding carboxylic acids is 1. The van der Waals surface area contributed by atoms with Crippen LogP contribution >= 0.6 is 0 Å². The molecule has 8 nitrogen and oxygen atoms in total. The lowest BCUT2D eigenvalue weighted by Gasteiger charge is -2.19. The number of non-ortho nitro benzene ring substituents is 1. The van der Waals surface area contributed by atoms with Crippen molar-refractivity contribution in [2.24, 2.45) is 0 Å². The van der Waals surface area contributed by atoms with Crippen LogP contribution in [0.1, 0.15) is 36.7 Å². The van der Waals surface area contributed by atoms with Crippen LogP contribution in [0.2, 0.25) is 0 Å². The molecule has 9 heteroatoms. The molecule has 28 heavy (non-hydrogen) atoms. The van der Waals surface area contributed by atoms with Gasteiger partial charge in [-0.1, -0.05) is 32.9 Å². The maximum atomic E-state index is 12.2. The topological polar surface area (TPSA) is 118 Å². The van der Waals surface area contributed by atoms with Crippen molar-refractivity contribution in [3.8, 4) is 0 Å². The third-order valence-corrected chi connectivity index (χ3v) is 5.55. The number of nitro benzene ring substituents is 1. The minimum absolute atomic E-state index is 0.00878. The number of amides is 1. The maximum absolute atomic E-state index is 12.2. The Balaban J connectivity index is 1.87. The molecule has 0 unspecified atom stereocenters. The van der Waals surface area contributed by atoms with Gasteiger partial charge >= 0.3 is 0 Å². The van der Waals surface area contributed by atoms with Crippen LogP contribution in [0.15, 0.2) is 53.4 Å². The van der Waals surface area contributed by atoms with E-state index in [-0.39, 0.29) is 35.0 Å². The average Bonchev–Trinajstić information content (AvgIpc) is 2.64. The van der Waals surface area contributed by atoms with Crippen LogP contribution in [-0.2, 0) is 15.4 Å². The van der Waals surface area contributed by atoms with E-state index in [2.05, 4.69) is 30.8 Å². The van der Waals surface area contributed by atoms with Crippen LogP contribution in [0.4, 0.5) is 5.69 Å². The Morgan fingerprint density at radius 2 is 1.57 bits per heavy atom. The quantitative estimate of drug-likeness (QED) is 0.417. The molecule has 2 rings (SSSR count).